The molecule has 2 aromatic carbocycles. The van der Waals surface area contributed by atoms with Crippen LogP contribution in [0.4, 0.5) is 11.4 Å². The van der Waals surface area contributed by atoms with Crippen LogP contribution in [-0.2, 0) is 4.79 Å². The van der Waals surface area contributed by atoms with Gasteiger partial charge in [0.2, 0.25) is 5.91 Å². The predicted molar refractivity (Wildman–Crippen MR) is 117 cm³/mol. The van der Waals surface area contributed by atoms with Gasteiger partial charge in [-0.15, -0.1) is 11.3 Å². The van der Waals surface area contributed by atoms with Gasteiger partial charge in [-0.1, -0.05) is 12.1 Å². The van der Waals surface area contributed by atoms with Crippen molar-refractivity contribution in [1.82, 2.24) is 10.3 Å². The summed E-state index contributed by atoms with van der Waals surface area (Å²) < 4.78 is 0. The van der Waals surface area contributed by atoms with Crippen molar-refractivity contribution in [3.05, 3.63) is 65.2 Å². The van der Waals surface area contributed by atoms with Crippen molar-refractivity contribution in [3.8, 4) is 10.6 Å². The highest BCUT2D eigenvalue weighted by Crippen LogP contribution is 2.25. The molecule has 0 atom stereocenters. The van der Waals surface area contributed by atoms with Gasteiger partial charge in [0.05, 0.1) is 0 Å². The second-order valence-corrected chi connectivity index (χ2v) is 7.93. The van der Waals surface area contributed by atoms with Gasteiger partial charge in [-0.25, -0.2) is 4.98 Å². The standard InChI is InChI=1S/C22H20N4O3S/c1-13(27)23-16-6-8-18(9-7-16)25-21(29)19-12-30-22(26-19)15-4-2-14(3-5-15)20(28)24-17-10-11-17/h2-9,12,17H,10-11H2,1H3,(H,23,27)(H,24,28)(H,25,29). The van der Waals surface area contributed by atoms with E-state index in [0.29, 0.717) is 33.7 Å². The van der Waals surface area contributed by atoms with Crippen LogP contribution in [0.25, 0.3) is 10.6 Å². The number of carbonyl (C=O) groups is 3. The van der Waals surface area contributed by atoms with Crippen LogP contribution in [0.5, 0.6) is 0 Å². The third-order valence-corrected chi connectivity index (χ3v) is 5.40. The fraction of sp³-hybridized carbons (Fsp3) is 0.182. The van der Waals surface area contributed by atoms with Crippen LogP contribution in [-0.4, -0.2) is 28.7 Å². The number of amides is 3. The molecule has 0 spiro atoms. The third kappa shape index (κ3) is 4.90. The Morgan fingerprint density at radius 1 is 0.900 bits per heavy atom. The number of hydrogen-bond donors (Lipinski definition) is 3. The number of carbonyl (C=O) groups excluding carboxylic acids is 3. The first-order chi connectivity index (χ1) is 14.5. The van der Waals surface area contributed by atoms with Gasteiger partial charge in [-0.3, -0.25) is 14.4 Å². The van der Waals surface area contributed by atoms with E-state index in [9.17, 15) is 14.4 Å². The van der Waals surface area contributed by atoms with Crippen molar-refractivity contribution in [2.45, 2.75) is 25.8 Å². The smallest absolute Gasteiger partial charge is 0.275 e. The lowest BCUT2D eigenvalue weighted by Crippen LogP contribution is -2.25. The minimum Gasteiger partial charge on any atom is -0.349 e. The SMILES string of the molecule is CC(=O)Nc1ccc(NC(=O)c2csc(-c3ccc(C(=O)NC4CC4)cc3)n2)cc1. The molecule has 1 fully saturated rings. The normalized spacial score (nSPS) is 12.8. The molecule has 4 rings (SSSR count). The molecule has 7 nitrogen and oxygen atoms in total. The summed E-state index contributed by atoms with van der Waals surface area (Å²) in [6.07, 6.45) is 2.10. The Morgan fingerprint density at radius 2 is 1.53 bits per heavy atom. The number of rotatable bonds is 6. The Morgan fingerprint density at radius 3 is 2.13 bits per heavy atom. The van der Waals surface area contributed by atoms with Gasteiger partial charge in [-0.2, -0.15) is 0 Å². The minimum absolute atomic E-state index is 0.0622. The fourth-order valence-corrected chi connectivity index (χ4v) is 3.61. The van der Waals surface area contributed by atoms with E-state index < -0.39 is 0 Å². The zero-order valence-corrected chi connectivity index (χ0v) is 17.1. The summed E-state index contributed by atoms with van der Waals surface area (Å²) in [6.45, 7) is 1.44. The van der Waals surface area contributed by atoms with Gasteiger partial charge in [-0.05, 0) is 49.2 Å². The van der Waals surface area contributed by atoms with Crippen molar-refractivity contribution in [1.29, 1.82) is 0 Å². The van der Waals surface area contributed by atoms with Crippen LogP contribution in [0.1, 0.15) is 40.6 Å². The first-order valence-electron chi connectivity index (χ1n) is 9.54. The molecule has 0 radical (unpaired) electrons. The highest BCUT2D eigenvalue weighted by Gasteiger charge is 2.23. The maximum Gasteiger partial charge on any atom is 0.275 e. The number of aromatic nitrogens is 1. The van der Waals surface area contributed by atoms with Crippen molar-refractivity contribution in [3.63, 3.8) is 0 Å². The van der Waals surface area contributed by atoms with E-state index in [4.69, 9.17) is 0 Å². The molecular weight excluding hydrogens is 400 g/mol. The number of thiazole rings is 1. The van der Waals surface area contributed by atoms with E-state index in [2.05, 4.69) is 20.9 Å². The van der Waals surface area contributed by atoms with E-state index in [-0.39, 0.29) is 17.7 Å². The van der Waals surface area contributed by atoms with Crippen LogP contribution in [0.15, 0.2) is 53.9 Å². The molecule has 152 valence electrons. The van der Waals surface area contributed by atoms with Gasteiger partial charge in [0.15, 0.2) is 0 Å². The lowest BCUT2D eigenvalue weighted by molar-refractivity contribution is -0.114. The first-order valence-corrected chi connectivity index (χ1v) is 10.4. The summed E-state index contributed by atoms with van der Waals surface area (Å²) in [6, 6.07) is 14.4. The Labute approximate surface area is 177 Å². The van der Waals surface area contributed by atoms with Gasteiger partial charge < -0.3 is 16.0 Å². The molecule has 1 aliphatic rings. The number of anilines is 2. The molecule has 8 heteroatoms. The zero-order chi connectivity index (χ0) is 21.1. The molecule has 1 aromatic heterocycles. The summed E-state index contributed by atoms with van der Waals surface area (Å²) in [5, 5.41) is 10.8. The molecule has 30 heavy (non-hydrogen) atoms. The highest BCUT2D eigenvalue weighted by atomic mass is 32.1. The van der Waals surface area contributed by atoms with Crippen molar-refractivity contribution in [2.75, 3.05) is 10.6 Å². The molecule has 0 bridgehead atoms. The van der Waals surface area contributed by atoms with Crippen LogP contribution in [0, 0.1) is 0 Å². The monoisotopic (exact) mass is 420 g/mol. The molecule has 0 saturated heterocycles. The molecule has 3 N–H and O–H groups in total. The highest BCUT2D eigenvalue weighted by molar-refractivity contribution is 7.13. The molecule has 1 aliphatic carbocycles. The van der Waals surface area contributed by atoms with Crippen LogP contribution in [0.2, 0.25) is 0 Å². The molecular formula is C22H20N4O3S. The lowest BCUT2D eigenvalue weighted by Gasteiger charge is -2.06. The van der Waals surface area contributed by atoms with Gasteiger partial charge in [0.1, 0.15) is 10.7 Å². The fourth-order valence-electron chi connectivity index (χ4n) is 2.81. The summed E-state index contributed by atoms with van der Waals surface area (Å²) in [5.74, 6) is -0.531. The number of hydrogen-bond acceptors (Lipinski definition) is 5. The summed E-state index contributed by atoms with van der Waals surface area (Å²) in [4.78, 5) is 40.1. The maximum absolute atomic E-state index is 12.5. The Kier molecular flexibility index (Phi) is 5.58. The van der Waals surface area contributed by atoms with Crippen LogP contribution in [0.3, 0.4) is 0 Å². The second-order valence-electron chi connectivity index (χ2n) is 7.08. The van der Waals surface area contributed by atoms with Crippen molar-refractivity contribution in [2.24, 2.45) is 0 Å². The zero-order valence-electron chi connectivity index (χ0n) is 16.3. The molecule has 0 aliphatic heterocycles. The largest absolute Gasteiger partial charge is 0.349 e. The minimum atomic E-state index is -0.315. The quantitative estimate of drug-likeness (QED) is 0.563. The van der Waals surface area contributed by atoms with Crippen molar-refractivity contribution >= 4 is 40.4 Å². The van der Waals surface area contributed by atoms with Gasteiger partial charge >= 0.3 is 0 Å². The molecule has 3 amide bonds. The summed E-state index contributed by atoms with van der Waals surface area (Å²) in [7, 11) is 0. The second kappa shape index (κ2) is 8.46. The lowest BCUT2D eigenvalue weighted by atomic mass is 10.1. The maximum atomic E-state index is 12.5. The summed E-state index contributed by atoms with van der Waals surface area (Å²) in [5.41, 5.74) is 3.04. The number of benzene rings is 2. The van der Waals surface area contributed by atoms with E-state index in [1.165, 1.54) is 18.3 Å². The molecule has 1 saturated carbocycles. The van der Waals surface area contributed by atoms with E-state index >= 15 is 0 Å². The Bertz CT molecular complexity index is 1090. The number of nitrogens with zero attached hydrogens (tertiary/aromatic N) is 1. The Balaban J connectivity index is 1.39. The van der Waals surface area contributed by atoms with E-state index in [1.807, 2.05) is 12.1 Å². The predicted octanol–water partition coefficient (Wildman–Crippen LogP) is 3.91. The molecule has 3 aromatic rings. The molecule has 0 unspecified atom stereocenters. The average molecular weight is 420 g/mol. The van der Waals surface area contributed by atoms with Gasteiger partial charge in [0, 0.05) is 40.8 Å². The summed E-state index contributed by atoms with van der Waals surface area (Å²) >= 11 is 1.37. The molecule has 1 heterocycles. The van der Waals surface area contributed by atoms with Gasteiger partial charge in [0.25, 0.3) is 11.8 Å². The number of nitrogens with one attached hydrogen (secondary N) is 3. The van der Waals surface area contributed by atoms with E-state index in [1.54, 1.807) is 41.8 Å². The van der Waals surface area contributed by atoms with Crippen LogP contribution >= 0.6 is 11.3 Å². The van der Waals surface area contributed by atoms with E-state index in [0.717, 1.165) is 18.4 Å². The van der Waals surface area contributed by atoms with Crippen LogP contribution < -0.4 is 16.0 Å². The topological polar surface area (TPSA) is 100 Å². The average Bonchev–Trinajstić information content (AvgIpc) is 3.40. The van der Waals surface area contributed by atoms with Crippen molar-refractivity contribution < 1.29 is 14.4 Å². The third-order valence-electron chi connectivity index (χ3n) is 4.51. The first kappa shape index (κ1) is 19.8. The Hall–Kier alpha value is -3.52.